The molecule has 0 aliphatic rings. The highest BCUT2D eigenvalue weighted by Gasteiger charge is 2.30. The molecular weight excluding hydrogens is 467 g/mol. The Hall–Kier alpha value is -2.82. The zero-order valence-electron chi connectivity index (χ0n) is 19.6. The second-order valence-corrected chi connectivity index (χ2v) is 9.18. The lowest BCUT2D eigenvalue weighted by Crippen LogP contribution is -2.51. The van der Waals surface area contributed by atoms with Crippen LogP contribution in [0.5, 0.6) is 0 Å². The molecule has 3 aromatic carbocycles. The molecule has 0 fully saturated rings. The van der Waals surface area contributed by atoms with Gasteiger partial charge >= 0.3 is 0 Å². The van der Waals surface area contributed by atoms with Crippen molar-refractivity contribution in [3.8, 4) is 0 Å². The van der Waals surface area contributed by atoms with E-state index in [1.165, 1.54) is 0 Å². The first-order chi connectivity index (χ1) is 16.4. The van der Waals surface area contributed by atoms with Crippen molar-refractivity contribution in [1.29, 1.82) is 0 Å². The molecule has 3 aromatic rings. The van der Waals surface area contributed by atoms with Crippen LogP contribution in [0.1, 0.15) is 35.6 Å². The van der Waals surface area contributed by atoms with E-state index >= 15 is 0 Å². The molecule has 1 N–H and O–H groups in total. The van der Waals surface area contributed by atoms with Crippen LogP contribution in [0.15, 0.2) is 72.8 Å². The summed E-state index contributed by atoms with van der Waals surface area (Å²) < 4.78 is 0. The highest BCUT2D eigenvalue weighted by Crippen LogP contribution is 2.25. The Bertz CT molecular complexity index is 1120. The number of nitrogens with zero attached hydrogens (tertiary/aromatic N) is 1. The number of carbonyl (C=O) groups is 2. The molecule has 0 aliphatic heterocycles. The van der Waals surface area contributed by atoms with Gasteiger partial charge in [-0.25, -0.2) is 0 Å². The topological polar surface area (TPSA) is 49.4 Å². The van der Waals surface area contributed by atoms with Gasteiger partial charge in [-0.05, 0) is 47.7 Å². The van der Waals surface area contributed by atoms with E-state index in [2.05, 4.69) is 5.32 Å². The van der Waals surface area contributed by atoms with Gasteiger partial charge in [0.25, 0.3) is 0 Å². The fourth-order valence-corrected chi connectivity index (χ4v) is 4.15. The predicted molar refractivity (Wildman–Crippen MR) is 139 cm³/mol. The smallest absolute Gasteiger partial charge is 0.243 e. The predicted octanol–water partition coefficient (Wildman–Crippen LogP) is 6.01. The van der Waals surface area contributed by atoms with Crippen LogP contribution in [0.3, 0.4) is 0 Å². The van der Waals surface area contributed by atoms with Gasteiger partial charge in [0.15, 0.2) is 0 Å². The highest BCUT2D eigenvalue weighted by molar-refractivity contribution is 6.42. The van der Waals surface area contributed by atoms with Crippen LogP contribution >= 0.6 is 23.2 Å². The van der Waals surface area contributed by atoms with Crippen molar-refractivity contribution in [1.82, 2.24) is 10.2 Å². The van der Waals surface area contributed by atoms with Crippen LogP contribution in [-0.2, 0) is 29.0 Å². The average Bonchev–Trinajstić information content (AvgIpc) is 2.84. The van der Waals surface area contributed by atoms with Crippen molar-refractivity contribution in [3.63, 3.8) is 0 Å². The molecule has 0 heterocycles. The minimum absolute atomic E-state index is 0.118. The summed E-state index contributed by atoms with van der Waals surface area (Å²) in [6.45, 7) is 4.79. The van der Waals surface area contributed by atoms with Crippen LogP contribution in [-0.4, -0.2) is 29.3 Å². The largest absolute Gasteiger partial charge is 0.354 e. The van der Waals surface area contributed by atoms with Crippen molar-refractivity contribution >= 4 is 35.0 Å². The third-order valence-electron chi connectivity index (χ3n) is 5.76. The summed E-state index contributed by atoms with van der Waals surface area (Å²) in [4.78, 5) is 28.7. The van der Waals surface area contributed by atoms with E-state index in [9.17, 15) is 9.59 Å². The first-order valence-electron chi connectivity index (χ1n) is 11.5. The molecule has 34 heavy (non-hydrogen) atoms. The number of hydrogen-bond acceptors (Lipinski definition) is 2. The second-order valence-electron chi connectivity index (χ2n) is 8.37. The zero-order valence-corrected chi connectivity index (χ0v) is 21.1. The highest BCUT2D eigenvalue weighted by atomic mass is 35.5. The maximum absolute atomic E-state index is 13.7. The number of rotatable bonds is 10. The molecule has 178 valence electrons. The van der Waals surface area contributed by atoms with E-state index in [4.69, 9.17) is 23.2 Å². The first kappa shape index (κ1) is 25.8. The summed E-state index contributed by atoms with van der Waals surface area (Å²) in [5.41, 5.74) is 3.79. The average molecular weight is 497 g/mol. The van der Waals surface area contributed by atoms with E-state index < -0.39 is 6.04 Å². The lowest BCUT2D eigenvalue weighted by molar-refractivity contribution is -0.140. The molecular formula is C28H30Cl2N2O2. The third-order valence-corrected chi connectivity index (χ3v) is 6.50. The molecule has 4 nitrogen and oxygen atoms in total. The van der Waals surface area contributed by atoms with E-state index in [0.717, 1.165) is 28.7 Å². The molecule has 0 bridgehead atoms. The van der Waals surface area contributed by atoms with Crippen molar-refractivity contribution < 1.29 is 9.59 Å². The third kappa shape index (κ3) is 7.09. The Morgan fingerprint density at radius 1 is 0.912 bits per heavy atom. The lowest BCUT2D eigenvalue weighted by Gasteiger charge is -2.32. The number of aryl methyl sites for hydroxylation is 1. The number of benzene rings is 3. The van der Waals surface area contributed by atoms with E-state index in [1.807, 2.05) is 74.5 Å². The van der Waals surface area contributed by atoms with Gasteiger partial charge in [-0.1, -0.05) is 90.8 Å². The Balaban J connectivity index is 1.98. The summed E-state index contributed by atoms with van der Waals surface area (Å²) in [6.07, 6.45) is 1.44. The second kappa shape index (κ2) is 12.6. The standard InChI is InChI=1S/C28H30Cl2N2O2/c1-3-15-31-28(34)26(17-21-10-5-4-6-11-21)32(19-22-13-14-24(29)25(30)16-22)27(33)18-23-12-8-7-9-20(23)2/h4-14,16,26H,3,15,17-19H2,1-2H3,(H,31,34). The first-order valence-corrected chi connectivity index (χ1v) is 12.2. The quantitative estimate of drug-likeness (QED) is 0.373. The van der Waals surface area contributed by atoms with Gasteiger partial charge in [0, 0.05) is 19.5 Å². The van der Waals surface area contributed by atoms with Gasteiger partial charge in [0.1, 0.15) is 6.04 Å². The van der Waals surface area contributed by atoms with E-state index in [0.29, 0.717) is 23.0 Å². The van der Waals surface area contributed by atoms with Gasteiger partial charge in [-0.15, -0.1) is 0 Å². The van der Waals surface area contributed by atoms with E-state index in [-0.39, 0.29) is 24.8 Å². The van der Waals surface area contributed by atoms with Crippen LogP contribution in [0, 0.1) is 6.92 Å². The maximum atomic E-state index is 13.7. The van der Waals surface area contributed by atoms with Gasteiger partial charge in [0.05, 0.1) is 16.5 Å². The van der Waals surface area contributed by atoms with Crippen LogP contribution in [0.2, 0.25) is 10.0 Å². The summed E-state index contributed by atoms with van der Waals surface area (Å²) in [5, 5.41) is 3.86. The van der Waals surface area contributed by atoms with Gasteiger partial charge in [-0.3, -0.25) is 9.59 Å². The lowest BCUT2D eigenvalue weighted by atomic mass is 10.00. The molecule has 0 aromatic heterocycles. The van der Waals surface area contributed by atoms with Crippen molar-refractivity contribution in [2.45, 2.75) is 45.7 Å². The van der Waals surface area contributed by atoms with Crippen LogP contribution in [0.4, 0.5) is 0 Å². The molecule has 0 saturated heterocycles. The summed E-state index contributed by atoms with van der Waals surface area (Å²) in [7, 11) is 0. The Labute approximate surface area is 211 Å². The van der Waals surface area contributed by atoms with Crippen molar-refractivity contribution in [2.75, 3.05) is 6.54 Å². The Morgan fingerprint density at radius 2 is 1.62 bits per heavy atom. The molecule has 2 amide bonds. The van der Waals surface area contributed by atoms with Gasteiger partial charge in [0.2, 0.25) is 11.8 Å². The molecule has 0 aliphatic carbocycles. The maximum Gasteiger partial charge on any atom is 0.243 e. The summed E-state index contributed by atoms with van der Waals surface area (Å²) in [6, 6.07) is 22.2. The molecule has 0 radical (unpaired) electrons. The van der Waals surface area contributed by atoms with Crippen molar-refractivity contribution in [3.05, 3.63) is 105 Å². The number of carbonyl (C=O) groups excluding carboxylic acids is 2. The van der Waals surface area contributed by atoms with Crippen LogP contribution < -0.4 is 5.32 Å². The van der Waals surface area contributed by atoms with Gasteiger partial charge < -0.3 is 10.2 Å². The Morgan fingerprint density at radius 3 is 2.29 bits per heavy atom. The fraction of sp³-hybridized carbons (Fsp3) is 0.286. The molecule has 1 atom stereocenters. The molecule has 1 unspecified atom stereocenters. The molecule has 3 rings (SSSR count). The SMILES string of the molecule is CCCNC(=O)C(Cc1ccccc1)N(Cc1ccc(Cl)c(Cl)c1)C(=O)Cc1ccccc1C. The number of hydrogen-bond donors (Lipinski definition) is 1. The van der Waals surface area contributed by atoms with Crippen molar-refractivity contribution in [2.24, 2.45) is 0 Å². The molecule has 0 saturated carbocycles. The van der Waals surface area contributed by atoms with Crippen LogP contribution in [0.25, 0.3) is 0 Å². The fourth-order valence-electron chi connectivity index (χ4n) is 3.83. The number of halogens is 2. The number of nitrogens with one attached hydrogen (secondary N) is 1. The summed E-state index contributed by atoms with van der Waals surface area (Å²) in [5.74, 6) is -0.281. The number of amides is 2. The van der Waals surface area contributed by atoms with Gasteiger partial charge in [-0.2, -0.15) is 0 Å². The minimum Gasteiger partial charge on any atom is -0.354 e. The normalized spacial score (nSPS) is 11.6. The minimum atomic E-state index is -0.667. The zero-order chi connectivity index (χ0) is 24.5. The molecule has 0 spiro atoms. The molecule has 6 heteroatoms. The monoisotopic (exact) mass is 496 g/mol. The Kier molecular flexibility index (Phi) is 9.55. The van der Waals surface area contributed by atoms with E-state index in [1.54, 1.807) is 17.0 Å². The summed E-state index contributed by atoms with van der Waals surface area (Å²) >= 11 is 12.4.